The zero-order valence-corrected chi connectivity index (χ0v) is 14.5. The Labute approximate surface area is 140 Å². The first kappa shape index (κ1) is 16.3. The van der Waals surface area contributed by atoms with E-state index >= 15 is 0 Å². The second-order valence-corrected chi connectivity index (χ2v) is 5.91. The van der Waals surface area contributed by atoms with Crippen molar-refractivity contribution in [2.45, 2.75) is 20.4 Å². The summed E-state index contributed by atoms with van der Waals surface area (Å²) in [6.07, 6.45) is 2.06. The number of aromatic nitrogens is 3. The molecule has 3 rings (SSSR count). The van der Waals surface area contributed by atoms with Crippen molar-refractivity contribution in [1.29, 1.82) is 0 Å². The SMILES string of the molecule is COCCn1ccc2cc(Nc3c(C)nn(C)c(=O)c3C)ccc21. The molecule has 126 valence electrons. The van der Waals surface area contributed by atoms with Crippen LogP contribution < -0.4 is 10.9 Å². The van der Waals surface area contributed by atoms with Gasteiger partial charge < -0.3 is 14.6 Å². The highest BCUT2D eigenvalue weighted by atomic mass is 16.5. The standard InChI is InChI=1S/C18H22N4O2/c1-12-17(13(2)20-21(3)18(12)23)19-15-5-6-16-14(11-15)7-8-22(16)9-10-24-4/h5-8,11,19H,9-10H2,1-4H3. The number of hydrogen-bond donors (Lipinski definition) is 1. The summed E-state index contributed by atoms with van der Waals surface area (Å²) in [6.45, 7) is 5.22. The van der Waals surface area contributed by atoms with Crippen molar-refractivity contribution in [3.63, 3.8) is 0 Å². The summed E-state index contributed by atoms with van der Waals surface area (Å²) in [5.74, 6) is 0. The van der Waals surface area contributed by atoms with Crippen LogP contribution in [-0.4, -0.2) is 28.1 Å². The summed E-state index contributed by atoms with van der Waals surface area (Å²) in [7, 11) is 3.37. The molecule has 1 N–H and O–H groups in total. The lowest BCUT2D eigenvalue weighted by molar-refractivity contribution is 0.188. The van der Waals surface area contributed by atoms with Gasteiger partial charge in [-0.3, -0.25) is 4.79 Å². The van der Waals surface area contributed by atoms with Crippen LogP contribution in [0, 0.1) is 13.8 Å². The van der Waals surface area contributed by atoms with Crippen LogP contribution in [0.4, 0.5) is 11.4 Å². The molecule has 0 unspecified atom stereocenters. The molecule has 3 aromatic rings. The second-order valence-electron chi connectivity index (χ2n) is 5.91. The Morgan fingerprint density at radius 2 is 2.04 bits per heavy atom. The molecule has 0 aliphatic carbocycles. The molecular formula is C18H22N4O2. The normalized spacial score (nSPS) is 11.2. The van der Waals surface area contributed by atoms with Crippen LogP contribution in [0.15, 0.2) is 35.3 Å². The van der Waals surface area contributed by atoms with Gasteiger partial charge in [-0.15, -0.1) is 0 Å². The third-order valence-electron chi connectivity index (χ3n) is 4.23. The number of nitrogens with zero attached hydrogens (tertiary/aromatic N) is 3. The van der Waals surface area contributed by atoms with Gasteiger partial charge in [0, 0.05) is 49.1 Å². The van der Waals surface area contributed by atoms with E-state index in [1.165, 1.54) is 4.68 Å². The van der Waals surface area contributed by atoms with Gasteiger partial charge in [-0.1, -0.05) is 0 Å². The topological polar surface area (TPSA) is 61.1 Å². The van der Waals surface area contributed by atoms with Crippen molar-refractivity contribution < 1.29 is 4.74 Å². The number of methoxy groups -OCH3 is 1. The number of anilines is 2. The maximum atomic E-state index is 12.1. The number of ether oxygens (including phenoxy) is 1. The molecule has 0 fully saturated rings. The van der Waals surface area contributed by atoms with Crippen molar-refractivity contribution in [3.8, 4) is 0 Å². The second kappa shape index (κ2) is 6.49. The Bertz CT molecular complexity index is 940. The third-order valence-corrected chi connectivity index (χ3v) is 4.23. The first-order valence-electron chi connectivity index (χ1n) is 7.90. The van der Waals surface area contributed by atoms with Crippen LogP contribution in [0.5, 0.6) is 0 Å². The van der Waals surface area contributed by atoms with Gasteiger partial charge in [0.15, 0.2) is 0 Å². The molecule has 0 aliphatic heterocycles. The molecule has 0 bridgehead atoms. The highest BCUT2D eigenvalue weighted by Crippen LogP contribution is 2.25. The fourth-order valence-corrected chi connectivity index (χ4v) is 2.93. The summed E-state index contributed by atoms with van der Waals surface area (Å²) in [5.41, 5.74) is 4.25. The van der Waals surface area contributed by atoms with Gasteiger partial charge in [0.1, 0.15) is 0 Å². The molecule has 1 aromatic carbocycles. The molecule has 0 saturated carbocycles. The quantitative estimate of drug-likeness (QED) is 0.783. The number of benzene rings is 1. The van der Waals surface area contributed by atoms with E-state index in [-0.39, 0.29) is 5.56 Å². The van der Waals surface area contributed by atoms with Gasteiger partial charge in [0.25, 0.3) is 5.56 Å². The highest BCUT2D eigenvalue weighted by molar-refractivity contribution is 5.85. The lowest BCUT2D eigenvalue weighted by atomic mass is 10.2. The Balaban J connectivity index is 1.94. The molecular weight excluding hydrogens is 304 g/mol. The molecule has 0 amide bonds. The van der Waals surface area contributed by atoms with E-state index in [1.54, 1.807) is 14.2 Å². The first-order valence-corrected chi connectivity index (χ1v) is 7.90. The van der Waals surface area contributed by atoms with Gasteiger partial charge >= 0.3 is 0 Å². The van der Waals surface area contributed by atoms with E-state index in [9.17, 15) is 4.79 Å². The lowest BCUT2D eigenvalue weighted by Crippen LogP contribution is -2.24. The molecule has 2 aromatic heterocycles. The maximum absolute atomic E-state index is 12.1. The van der Waals surface area contributed by atoms with Gasteiger partial charge in [0.05, 0.1) is 18.0 Å². The predicted octanol–water partition coefficient (Wildman–Crippen LogP) is 2.74. The summed E-state index contributed by atoms with van der Waals surface area (Å²) < 4.78 is 8.68. The Morgan fingerprint density at radius 1 is 1.25 bits per heavy atom. The Morgan fingerprint density at radius 3 is 2.79 bits per heavy atom. The predicted molar refractivity (Wildman–Crippen MR) is 96.0 cm³/mol. The van der Waals surface area contributed by atoms with E-state index in [0.29, 0.717) is 12.2 Å². The molecule has 6 heteroatoms. The van der Waals surface area contributed by atoms with Crippen molar-refractivity contribution in [1.82, 2.24) is 14.3 Å². The minimum Gasteiger partial charge on any atom is -0.383 e. The van der Waals surface area contributed by atoms with Crippen LogP contribution >= 0.6 is 0 Å². The van der Waals surface area contributed by atoms with Gasteiger partial charge in [-0.25, -0.2) is 4.68 Å². The lowest BCUT2D eigenvalue weighted by Gasteiger charge is -2.13. The minimum absolute atomic E-state index is 0.0881. The van der Waals surface area contributed by atoms with E-state index in [1.807, 2.05) is 19.9 Å². The zero-order valence-electron chi connectivity index (χ0n) is 14.5. The number of rotatable bonds is 5. The first-order chi connectivity index (χ1) is 11.5. The van der Waals surface area contributed by atoms with Crippen LogP contribution in [0.3, 0.4) is 0 Å². The van der Waals surface area contributed by atoms with E-state index in [4.69, 9.17) is 4.74 Å². The van der Waals surface area contributed by atoms with E-state index in [0.717, 1.165) is 34.5 Å². The Kier molecular flexibility index (Phi) is 4.40. The number of aryl methyl sites for hydroxylation is 2. The van der Waals surface area contributed by atoms with E-state index < -0.39 is 0 Å². The molecule has 0 atom stereocenters. The fourth-order valence-electron chi connectivity index (χ4n) is 2.93. The highest BCUT2D eigenvalue weighted by Gasteiger charge is 2.11. The number of hydrogen-bond acceptors (Lipinski definition) is 4. The van der Waals surface area contributed by atoms with Crippen LogP contribution in [0.2, 0.25) is 0 Å². The van der Waals surface area contributed by atoms with Crippen molar-refractivity contribution >= 4 is 22.3 Å². The van der Waals surface area contributed by atoms with Crippen molar-refractivity contribution in [2.75, 3.05) is 19.0 Å². The average molecular weight is 326 g/mol. The van der Waals surface area contributed by atoms with Crippen LogP contribution in [-0.2, 0) is 18.3 Å². The number of fused-ring (bicyclic) bond motifs is 1. The summed E-state index contributed by atoms with van der Waals surface area (Å²) in [5, 5.41) is 8.74. The van der Waals surface area contributed by atoms with Gasteiger partial charge in [0.2, 0.25) is 0 Å². The minimum atomic E-state index is -0.0881. The van der Waals surface area contributed by atoms with Crippen molar-refractivity contribution in [2.24, 2.45) is 7.05 Å². The van der Waals surface area contributed by atoms with Crippen LogP contribution in [0.25, 0.3) is 10.9 Å². The van der Waals surface area contributed by atoms with Gasteiger partial charge in [-0.05, 0) is 38.1 Å². The molecule has 0 spiro atoms. The summed E-state index contributed by atoms with van der Waals surface area (Å²) >= 11 is 0. The monoisotopic (exact) mass is 326 g/mol. The molecule has 0 saturated heterocycles. The van der Waals surface area contributed by atoms with Crippen LogP contribution in [0.1, 0.15) is 11.3 Å². The largest absolute Gasteiger partial charge is 0.383 e. The Hall–Kier alpha value is -2.60. The summed E-state index contributed by atoms with van der Waals surface area (Å²) in [6, 6.07) is 8.25. The van der Waals surface area contributed by atoms with Crippen molar-refractivity contribution in [3.05, 3.63) is 52.1 Å². The molecule has 24 heavy (non-hydrogen) atoms. The third kappa shape index (κ3) is 2.92. The fraction of sp³-hybridized carbons (Fsp3) is 0.333. The van der Waals surface area contributed by atoms with Gasteiger partial charge in [-0.2, -0.15) is 5.10 Å². The smallest absolute Gasteiger partial charge is 0.271 e. The molecule has 0 aliphatic rings. The summed E-state index contributed by atoms with van der Waals surface area (Å²) in [4.78, 5) is 12.1. The zero-order chi connectivity index (χ0) is 17.3. The molecule has 6 nitrogen and oxygen atoms in total. The number of nitrogens with one attached hydrogen (secondary N) is 1. The molecule has 2 heterocycles. The van der Waals surface area contributed by atoms with E-state index in [2.05, 4.69) is 39.4 Å². The maximum Gasteiger partial charge on any atom is 0.271 e. The average Bonchev–Trinajstić information content (AvgIpc) is 2.97. The molecule has 0 radical (unpaired) electrons.